The Kier molecular flexibility index (Phi) is 47.5. The van der Waals surface area contributed by atoms with Gasteiger partial charge in [0, 0.05) is 12.8 Å². The molecule has 0 aliphatic heterocycles. The zero-order chi connectivity index (χ0) is 47.7. The first-order valence-corrected chi connectivity index (χ1v) is 28.2. The van der Waals surface area contributed by atoms with Crippen LogP contribution in [0.25, 0.3) is 0 Å². The number of rotatable bonds is 53. The Balaban J connectivity index is 4.01. The lowest BCUT2D eigenvalue weighted by molar-refractivity contribution is -0.870. The Hall–Kier alpha value is -1.71. The molecule has 65 heavy (non-hydrogen) atoms. The molecule has 9 heteroatoms. The topological polar surface area (TPSA) is 111 Å². The van der Waals surface area contributed by atoms with Crippen molar-refractivity contribution in [2.24, 2.45) is 0 Å². The van der Waals surface area contributed by atoms with Gasteiger partial charge >= 0.3 is 11.9 Å². The van der Waals surface area contributed by atoms with Crippen molar-refractivity contribution in [3.63, 3.8) is 0 Å². The van der Waals surface area contributed by atoms with Gasteiger partial charge in [0.1, 0.15) is 13.2 Å². The van der Waals surface area contributed by atoms with Gasteiger partial charge in [-0.3, -0.25) is 9.59 Å². The van der Waals surface area contributed by atoms with Gasteiger partial charge in [-0.1, -0.05) is 258 Å². The van der Waals surface area contributed by atoms with Gasteiger partial charge in [0.15, 0.2) is 12.4 Å². The first-order valence-electron chi connectivity index (χ1n) is 28.2. The molecule has 0 rings (SSSR count). The highest BCUT2D eigenvalue weighted by atomic mass is 16.7. The van der Waals surface area contributed by atoms with Gasteiger partial charge < -0.3 is 33.3 Å². The number of nitrogens with zero attached hydrogens (tertiary/aromatic N) is 1. The Bertz CT molecular complexity index is 1030. The lowest BCUT2D eigenvalue weighted by Crippen LogP contribution is -2.44. The summed E-state index contributed by atoms with van der Waals surface area (Å²) >= 11 is 0. The quantitative estimate of drug-likeness (QED) is 0.0257. The van der Waals surface area contributed by atoms with Gasteiger partial charge in [-0.15, -0.1) is 0 Å². The standard InChI is InChI=1S/C56H109NO8/c1-6-8-10-12-14-16-18-19-20-21-22-23-24-25-26-27-28-29-30-31-32-33-34-35-36-37-39-41-43-45-47-54(59)65-52(51-64-56(55(60)61)62-49-48-57(3,4)5)50-63-53(58)46-44-42-40-38-17-15-13-11-9-7-2/h52,56H,6-51H2,1-5H3. The molecular weight excluding hydrogens is 815 g/mol. The Morgan fingerprint density at radius 2 is 0.692 bits per heavy atom. The number of likely N-dealkylation sites (N-methyl/N-ethyl adjacent to an activating group) is 1. The van der Waals surface area contributed by atoms with Crippen molar-refractivity contribution in [3.05, 3.63) is 0 Å². The van der Waals surface area contributed by atoms with Crippen LogP contribution in [0.2, 0.25) is 0 Å². The van der Waals surface area contributed by atoms with Crippen LogP contribution in [0.4, 0.5) is 0 Å². The van der Waals surface area contributed by atoms with Gasteiger partial charge in [-0.25, -0.2) is 0 Å². The van der Waals surface area contributed by atoms with E-state index in [1.54, 1.807) is 0 Å². The van der Waals surface area contributed by atoms with Gasteiger partial charge in [0.25, 0.3) is 0 Å². The minimum atomic E-state index is -1.61. The molecule has 0 N–H and O–H groups in total. The van der Waals surface area contributed by atoms with Gasteiger partial charge in [-0.05, 0) is 12.8 Å². The zero-order valence-electron chi connectivity index (χ0n) is 43.9. The Labute approximate surface area is 403 Å². The number of esters is 2. The van der Waals surface area contributed by atoms with Crippen LogP contribution >= 0.6 is 0 Å². The molecule has 0 bridgehead atoms. The Morgan fingerprint density at radius 1 is 0.400 bits per heavy atom. The summed E-state index contributed by atoms with van der Waals surface area (Å²) in [4.78, 5) is 37.1. The summed E-state index contributed by atoms with van der Waals surface area (Å²) in [7, 11) is 5.93. The van der Waals surface area contributed by atoms with E-state index in [1.165, 1.54) is 218 Å². The van der Waals surface area contributed by atoms with E-state index in [-0.39, 0.29) is 32.2 Å². The number of hydrogen-bond donors (Lipinski definition) is 0. The summed E-state index contributed by atoms with van der Waals surface area (Å²) < 4.78 is 22.6. The summed E-state index contributed by atoms with van der Waals surface area (Å²) in [6, 6.07) is 0. The second-order valence-corrected chi connectivity index (χ2v) is 20.6. The minimum Gasteiger partial charge on any atom is -0.545 e. The van der Waals surface area contributed by atoms with E-state index in [0.717, 1.165) is 38.5 Å². The molecule has 0 aromatic rings. The smallest absolute Gasteiger partial charge is 0.306 e. The maximum atomic E-state index is 12.8. The third-order valence-corrected chi connectivity index (χ3v) is 12.9. The molecular formula is C56H109NO8. The first kappa shape index (κ1) is 63.3. The fraction of sp³-hybridized carbons (Fsp3) is 0.946. The van der Waals surface area contributed by atoms with Gasteiger partial charge in [-0.2, -0.15) is 0 Å². The van der Waals surface area contributed by atoms with Crippen molar-refractivity contribution >= 4 is 17.9 Å². The third kappa shape index (κ3) is 50.0. The van der Waals surface area contributed by atoms with Gasteiger partial charge in [0.2, 0.25) is 0 Å². The highest BCUT2D eigenvalue weighted by Crippen LogP contribution is 2.18. The number of ether oxygens (including phenoxy) is 4. The molecule has 2 atom stereocenters. The number of aliphatic carboxylic acids is 1. The molecule has 0 saturated heterocycles. The molecule has 0 aromatic heterocycles. The molecule has 0 saturated carbocycles. The molecule has 0 radical (unpaired) electrons. The highest BCUT2D eigenvalue weighted by Gasteiger charge is 2.22. The van der Waals surface area contributed by atoms with E-state index in [2.05, 4.69) is 13.8 Å². The molecule has 0 spiro atoms. The number of unbranched alkanes of at least 4 members (excludes halogenated alkanes) is 38. The molecule has 0 aliphatic rings. The van der Waals surface area contributed by atoms with Gasteiger partial charge in [0.05, 0.1) is 40.3 Å². The van der Waals surface area contributed by atoms with E-state index >= 15 is 0 Å². The average Bonchev–Trinajstić information content (AvgIpc) is 3.27. The van der Waals surface area contributed by atoms with Crippen molar-refractivity contribution in [1.82, 2.24) is 0 Å². The maximum Gasteiger partial charge on any atom is 0.306 e. The number of carbonyl (C=O) groups excluding carboxylic acids is 3. The van der Waals surface area contributed by atoms with Crippen LogP contribution in [0.15, 0.2) is 0 Å². The molecule has 0 heterocycles. The zero-order valence-corrected chi connectivity index (χ0v) is 43.9. The second-order valence-electron chi connectivity index (χ2n) is 20.6. The fourth-order valence-electron chi connectivity index (χ4n) is 8.48. The molecule has 0 aliphatic carbocycles. The van der Waals surface area contributed by atoms with Crippen LogP contribution in [-0.4, -0.2) is 82.3 Å². The number of carboxylic acids is 1. The van der Waals surface area contributed by atoms with Crippen LogP contribution in [0, 0.1) is 0 Å². The van der Waals surface area contributed by atoms with Crippen molar-refractivity contribution in [2.45, 2.75) is 296 Å². The predicted molar refractivity (Wildman–Crippen MR) is 270 cm³/mol. The van der Waals surface area contributed by atoms with Crippen molar-refractivity contribution in [1.29, 1.82) is 0 Å². The van der Waals surface area contributed by atoms with Crippen LogP contribution < -0.4 is 5.11 Å². The van der Waals surface area contributed by atoms with E-state index < -0.39 is 24.3 Å². The SMILES string of the molecule is CCCCCCCCCCCCCCCCCCCCCCCCCCCCCCCCC(=O)OC(COC(=O)CCCCCCCCCCCC)COC(OCC[N+](C)(C)C)C(=O)[O-]. The van der Waals surface area contributed by atoms with Crippen LogP contribution in [0.3, 0.4) is 0 Å². The summed E-state index contributed by atoms with van der Waals surface area (Å²) in [6.07, 6.45) is 50.3. The largest absolute Gasteiger partial charge is 0.545 e. The second kappa shape index (κ2) is 48.7. The number of carboxylic acid groups (broad SMARTS) is 1. The van der Waals surface area contributed by atoms with Crippen LogP contribution in [0.1, 0.15) is 284 Å². The Morgan fingerprint density at radius 3 is 0.985 bits per heavy atom. The van der Waals surface area contributed by atoms with E-state index in [4.69, 9.17) is 18.9 Å². The summed E-state index contributed by atoms with van der Waals surface area (Å²) in [6.45, 7) is 4.78. The highest BCUT2D eigenvalue weighted by molar-refractivity contribution is 5.70. The third-order valence-electron chi connectivity index (χ3n) is 12.9. The molecule has 0 amide bonds. The lowest BCUT2D eigenvalue weighted by atomic mass is 10.0. The van der Waals surface area contributed by atoms with Crippen molar-refractivity contribution in [3.8, 4) is 0 Å². The van der Waals surface area contributed by atoms with E-state index in [0.29, 0.717) is 17.4 Å². The number of quaternary nitrogens is 1. The lowest BCUT2D eigenvalue weighted by Gasteiger charge is -2.26. The number of hydrogen-bond acceptors (Lipinski definition) is 8. The monoisotopic (exact) mass is 924 g/mol. The molecule has 0 fully saturated rings. The fourth-order valence-corrected chi connectivity index (χ4v) is 8.48. The molecule has 9 nitrogen and oxygen atoms in total. The number of carbonyl (C=O) groups is 3. The minimum absolute atomic E-state index is 0.153. The normalized spacial score (nSPS) is 12.7. The first-order chi connectivity index (χ1) is 31.6. The maximum absolute atomic E-state index is 12.8. The van der Waals surface area contributed by atoms with Crippen LogP contribution in [-0.2, 0) is 33.3 Å². The summed E-state index contributed by atoms with van der Waals surface area (Å²) in [5, 5.41) is 11.7. The average molecular weight is 924 g/mol. The predicted octanol–water partition coefficient (Wildman–Crippen LogP) is 14.7. The summed E-state index contributed by atoms with van der Waals surface area (Å²) in [5.74, 6) is -2.26. The van der Waals surface area contributed by atoms with Crippen LogP contribution in [0.5, 0.6) is 0 Å². The summed E-state index contributed by atoms with van der Waals surface area (Å²) in [5.41, 5.74) is 0. The molecule has 0 aromatic carbocycles. The van der Waals surface area contributed by atoms with E-state index in [1.807, 2.05) is 21.1 Å². The molecule has 2 unspecified atom stereocenters. The van der Waals surface area contributed by atoms with E-state index in [9.17, 15) is 19.5 Å². The van der Waals surface area contributed by atoms with Crippen molar-refractivity contribution in [2.75, 3.05) is 47.5 Å². The molecule has 386 valence electrons. The van der Waals surface area contributed by atoms with Crippen molar-refractivity contribution < 1.29 is 42.9 Å².